The predicted molar refractivity (Wildman–Crippen MR) is 56.1 cm³/mol. The molecule has 2 rings (SSSR count). The second-order valence-corrected chi connectivity index (χ2v) is 7.69. The molecule has 1 heteroatoms. The summed E-state index contributed by atoms with van der Waals surface area (Å²) in [5, 5.41) is 0. The van der Waals surface area contributed by atoms with Gasteiger partial charge in [-0.2, -0.15) is 0 Å². The summed E-state index contributed by atoms with van der Waals surface area (Å²) in [5.41, 5.74) is 1.24. The Morgan fingerprint density at radius 3 is 1.92 bits per heavy atom. The summed E-state index contributed by atoms with van der Waals surface area (Å²) in [5.74, 6) is 0. The molecule has 1 saturated heterocycles. The smallest absolute Gasteiger partial charge is 0.0512 e. The van der Waals surface area contributed by atoms with E-state index in [0.29, 0.717) is 0 Å². The fraction of sp³-hybridized carbons (Fsp3) is 1.00. The van der Waals surface area contributed by atoms with Gasteiger partial charge >= 0.3 is 0 Å². The lowest BCUT2D eigenvalue weighted by Gasteiger charge is -2.31. The Labute approximate surface area is 78.4 Å². The number of hydrogen-bond donors (Lipinski definition) is 0. The first-order valence-electron chi connectivity index (χ1n) is 5.81. The van der Waals surface area contributed by atoms with E-state index in [9.17, 15) is 0 Å². The Bertz CT molecular complexity index is 105. The molecule has 1 aliphatic heterocycles. The monoisotopic (exact) mass is 181 g/mol. The lowest BCUT2D eigenvalue weighted by molar-refractivity contribution is 0.489. The fourth-order valence-corrected chi connectivity index (χ4v) is 6.62. The van der Waals surface area contributed by atoms with E-state index in [1.54, 1.807) is 57.0 Å². The highest BCUT2D eigenvalue weighted by atomic mass is 28.3. The Morgan fingerprint density at radius 2 is 1.25 bits per heavy atom. The Morgan fingerprint density at radius 1 is 0.667 bits per heavy atom. The fourth-order valence-electron chi connectivity index (χ4n) is 2.92. The van der Waals surface area contributed by atoms with E-state index in [-0.39, 0.29) is 8.80 Å². The Balaban J connectivity index is 1.80. The molecule has 0 bridgehead atoms. The van der Waals surface area contributed by atoms with Gasteiger partial charge in [0.05, 0.1) is 8.80 Å². The highest BCUT2D eigenvalue weighted by molar-refractivity contribution is 6.60. The molecular formula is C11H21Si. The molecule has 69 valence electrons. The lowest BCUT2D eigenvalue weighted by atomic mass is 10.0. The van der Waals surface area contributed by atoms with Gasteiger partial charge in [-0.05, 0) is 5.54 Å². The molecule has 0 aromatic heterocycles. The van der Waals surface area contributed by atoms with Crippen LogP contribution >= 0.6 is 0 Å². The molecule has 0 atom stereocenters. The standard InChI is InChI=1S/C11H21Si/c1-3-7-11(8-4-1)12-9-5-2-6-10-12/h11H,1-10H2. The average molecular weight is 181 g/mol. The van der Waals surface area contributed by atoms with E-state index >= 15 is 0 Å². The first-order chi connectivity index (χ1) is 5.97. The van der Waals surface area contributed by atoms with Crippen LogP contribution in [-0.2, 0) is 0 Å². The number of rotatable bonds is 1. The topological polar surface area (TPSA) is 0 Å². The highest BCUT2D eigenvalue weighted by Gasteiger charge is 2.26. The minimum Gasteiger partial charge on any atom is -0.0588 e. The zero-order valence-electron chi connectivity index (χ0n) is 8.15. The van der Waals surface area contributed by atoms with Gasteiger partial charge in [0, 0.05) is 0 Å². The molecule has 1 aliphatic carbocycles. The van der Waals surface area contributed by atoms with Crippen molar-refractivity contribution in [1.82, 2.24) is 0 Å². The van der Waals surface area contributed by atoms with Crippen molar-refractivity contribution in [3.63, 3.8) is 0 Å². The summed E-state index contributed by atoms with van der Waals surface area (Å²) < 4.78 is 0. The van der Waals surface area contributed by atoms with Crippen LogP contribution in [-0.4, -0.2) is 8.80 Å². The SMILES string of the molecule is C1CCC([Si]2CCCCC2)CC1. The summed E-state index contributed by atoms with van der Waals surface area (Å²) in [7, 11) is 0.151. The van der Waals surface area contributed by atoms with E-state index in [2.05, 4.69) is 0 Å². The van der Waals surface area contributed by atoms with Crippen molar-refractivity contribution in [3.8, 4) is 0 Å². The molecule has 12 heavy (non-hydrogen) atoms. The van der Waals surface area contributed by atoms with Crippen LogP contribution in [0.3, 0.4) is 0 Å². The van der Waals surface area contributed by atoms with E-state index in [4.69, 9.17) is 0 Å². The maximum atomic E-state index is 1.66. The van der Waals surface area contributed by atoms with Gasteiger partial charge in [0.2, 0.25) is 0 Å². The molecule has 1 saturated carbocycles. The van der Waals surface area contributed by atoms with Crippen LogP contribution in [0.25, 0.3) is 0 Å². The van der Waals surface area contributed by atoms with Gasteiger partial charge in [0.1, 0.15) is 0 Å². The third-order valence-corrected chi connectivity index (χ3v) is 7.40. The van der Waals surface area contributed by atoms with E-state index in [0.717, 1.165) is 0 Å². The summed E-state index contributed by atoms with van der Waals surface area (Å²) in [6.07, 6.45) is 12.5. The van der Waals surface area contributed by atoms with E-state index in [1.807, 2.05) is 0 Å². The predicted octanol–water partition coefficient (Wildman–Crippen LogP) is 4.00. The van der Waals surface area contributed by atoms with Crippen LogP contribution < -0.4 is 0 Å². The molecule has 0 amide bonds. The van der Waals surface area contributed by atoms with Crippen molar-refractivity contribution in [2.24, 2.45) is 0 Å². The van der Waals surface area contributed by atoms with Gasteiger partial charge in [-0.15, -0.1) is 0 Å². The molecule has 0 aromatic carbocycles. The molecule has 0 unspecified atom stereocenters. The van der Waals surface area contributed by atoms with Crippen molar-refractivity contribution in [3.05, 3.63) is 0 Å². The number of hydrogen-bond acceptors (Lipinski definition) is 0. The van der Waals surface area contributed by atoms with Crippen molar-refractivity contribution >= 4 is 8.80 Å². The van der Waals surface area contributed by atoms with E-state index < -0.39 is 0 Å². The normalized spacial score (nSPS) is 29.0. The molecule has 2 fully saturated rings. The lowest BCUT2D eigenvalue weighted by Crippen LogP contribution is -2.24. The second kappa shape index (κ2) is 4.45. The summed E-state index contributed by atoms with van der Waals surface area (Å²) in [6, 6.07) is 3.32. The average Bonchev–Trinajstić information content (AvgIpc) is 2.21. The van der Waals surface area contributed by atoms with Crippen LogP contribution in [0.2, 0.25) is 17.6 Å². The highest BCUT2D eigenvalue weighted by Crippen LogP contribution is 2.37. The zero-order chi connectivity index (χ0) is 8.23. The molecule has 0 N–H and O–H groups in total. The molecular weight excluding hydrogens is 160 g/mol. The maximum absolute atomic E-state index is 1.66. The van der Waals surface area contributed by atoms with E-state index in [1.165, 1.54) is 12.0 Å². The summed E-state index contributed by atoms with van der Waals surface area (Å²) in [4.78, 5) is 0. The van der Waals surface area contributed by atoms with Crippen LogP contribution in [0, 0.1) is 0 Å². The minimum absolute atomic E-state index is 0.151. The van der Waals surface area contributed by atoms with Crippen molar-refractivity contribution < 1.29 is 0 Å². The third kappa shape index (κ3) is 2.12. The Kier molecular flexibility index (Phi) is 3.26. The van der Waals surface area contributed by atoms with Crippen molar-refractivity contribution in [2.75, 3.05) is 0 Å². The van der Waals surface area contributed by atoms with Gasteiger partial charge in [-0.3, -0.25) is 0 Å². The molecule has 0 spiro atoms. The van der Waals surface area contributed by atoms with Gasteiger partial charge in [0.15, 0.2) is 0 Å². The third-order valence-electron chi connectivity index (χ3n) is 3.68. The van der Waals surface area contributed by atoms with Crippen LogP contribution in [0.4, 0.5) is 0 Å². The largest absolute Gasteiger partial charge is 0.0588 e. The van der Waals surface area contributed by atoms with Gasteiger partial charge < -0.3 is 0 Å². The maximum Gasteiger partial charge on any atom is 0.0512 e. The summed E-state index contributed by atoms with van der Waals surface area (Å²) >= 11 is 0. The zero-order valence-corrected chi connectivity index (χ0v) is 9.15. The molecule has 0 nitrogen and oxygen atoms in total. The minimum atomic E-state index is 0.151. The summed E-state index contributed by atoms with van der Waals surface area (Å²) in [6.45, 7) is 0. The van der Waals surface area contributed by atoms with Gasteiger partial charge in [0.25, 0.3) is 0 Å². The first kappa shape index (κ1) is 8.80. The van der Waals surface area contributed by atoms with Gasteiger partial charge in [-0.25, -0.2) is 0 Å². The van der Waals surface area contributed by atoms with Crippen LogP contribution in [0.15, 0.2) is 0 Å². The first-order valence-corrected chi connectivity index (χ1v) is 7.80. The second-order valence-electron chi connectivity index (χ2n) is 4.55. The van der Waals surface area contributed by atoms with Crippen LogP contribution in [0.5, 0.6) is 0 Å². The van der Waals surface area contributed by atoms with Crippen LogP contribution in [0.1, 0.15) is 51.4 Å². The molecule has 1 heterocycles. The van der Waals surface area contributed by atoms with Crippen molar-refractivity contribution in [1.29, 1.82) is 0 Å². The van der Waals surface area contributed by atoms with Crippen molar-refractivity contribution in [2.45, 2.75) is 69.0 Å². The molecule has 1 radical (unpaired) electrons. The molecule has 2 aliphatic rings. The Hall–Kier alpha value is 0.217. The van der Waals surface area contributed by atoms with Gasteiger partial charge in [-0.1, -0.05) is 63.5 Å². The molecule has 0 aromatic rings. The quantitative estimate of drug-likeness (QED) is 0.536.